The fourth-order valence-electron chi connectivity index (χ4n) is 1.57. The van der Waals surface area contributed by atoms with Crippen LogP contribution in [0.3, 0.4) is 0 Å². The van der Waals surface area contributed by atoms with Gasteiger partial charge in [0.25, 0.3) is 5.91 Å². The zero-order valence-corrected chi connectivity index (χ0v) is 10.1. The van der Waals surface area contributed by atoms with Crippen LogP contribution in [0, 0.1) is 0 Å². The molecule has 2 rings (SSSR count). The van der Waals surface area contributed by atoms with Gasteiger partial charge in [0.1, 0.15) is 5.75 Å². The monoisotopic (exact) mass is 252 g/mol. The normalized spacial score (nSPS) is 17.3. The van der Waals surface area contributed by atoms with Gasteiger partial charge in [-0.25, -0.2) is 5.48 Å². The Kier molecular flexibility index (Phi) is 4.38. The van der Waals surface area contributed by atoms with Crippen molar-refractivity contribution in [3.05, 3.63) is 24.3 Å². The maximum absolute atomic E-state index is 11.7. The van der Waals surface area contributed by atoms with Crippen LogP contribution in [-0.4, -0.2) is 38.9 Å². The molecule has 1 aliphatic heterocycles. The van der Waals surface area contributed by atoms with Gasteiger partial charge < -0.3 is 14.8 Å². The molecule has 0 saturated heterocycles. The van der Waals surface area contributed by atoms with Gasteiger partial charge in [-0.3, -0.25) is 9.63 Å². The van der Waals surface area contributed by atoms with Gasteiger partial charge >= 0.3 is 0 Å². The minimum absolute atomic E-state index is 0.305. The molecule has 0 bridgehead atoms. The van der Waals surface area contributed by atoms with E-state index in [1.807, 2.05) is 24.3 Å². The second-order valence-corrected chi connectivity index (χ2v) is 3.79. The highest BCUT2D eigenvalue weighted by molar-refractivity contribution is 5.82. The van der Waals surface area contributed by atoms with Gasteiger partial charge in [-0.05, 0) is 12.1 Å². The van der Waals surface area contributed by atoms with Crippen LogP contribution in [0.15, 0.2) is 24.3 Å². The number of methoxy groups -OCH3 is 1. The highest BCUT2D eigenvalue weighted by Gasteiger charge is 2.25. The molecule has 1 aromatic rings. The molecule has 1 atom stereocenters. The van der Waals surface area contributed by atoms with Gasteiger partial charge in [0.15, 0.2) is 6.10 Å². The molecule has 0 spiro atoms. The maximum Gasteiger partial charge on any atom is 0.286 e. The minimum Gasteiger partial charge on any atom is -0.476 e. The topological polar surface area (TPSA) is 68.8 Å². The lowest BCUT2D eigenvalue weighted by molar-refractivity contribution is -0.141. The molecular weight excluding hydrogens is 236 g/mol. The smallest absolute Gasteiger partial charge is 0.286 e. The van der Waals surface area contributed by atoms with Crippen LogP contribution in [0.2, 0.25) is 0 Å². The SMILES string of the molecule is COCCONC(=O)C1CNc2ccccc2O1. The number of rotatable bonds is 5. The standard InChI is InChI=1S/C12H16N2O4/c1-16-6-7-17-14-12(15)11-8-13-9-4-2-3-5-10(9)18-11/h2-5,11,13H,6-8H2,1H3,(H,14,15). The van der Waals surface area contributed by atoms with Gasteiger partial charge in [-0.1, -0.05) is 12.1 Å². The molecule has 1 heterocycles. The molecule has 0 radical (unpaired) electrons. The zero-order valence-electron chi connectivity index (χ0n) is 10.1. The molecule has 0 fully saturated rings. The number of ether oxygens (including phenoxy) is 2. The van der Waals surface area contributed by atoms with Crippen LogP contribution in [0.4, 0.5) is 5.69 Å². The Morgan fingerprint density at radius 2 is 2.33 bits per heavy atom. The first kappa shape index (κ1) is 12.7. The number of fused-ring (bicyclic) bond motifs is 1. The summed E-state index contributed by atoms with van der Waals surface area (Å²) in [5.41, 5.74) is 3.22. The average molecular weight is 252 g/mol. The van der Waals surface area contributed by atoms with Crippen LogP contribution >= 0.6 is 0 Å². The molecule has 1 unspecified atom stereocenters. The van der Waals surface area contributed by atoms with Crippen molar-refractivity contribution in [3.63, 3.8) is 0 Å². The summed E-state index contributed by atoms with van der Waals surface area (Å²) in [4.78, 5) is 16.7. The third kappa shape index (κ3) is 3.12. The molecular formula is C12H16N2O4. The third-order valence-electron chi connectivity index (χ3n) is 2.49. The molecule has 0 saturated carbocycles. The van der Waals surface area contributed by atoms with Crippen LogP contribution in [0.5, 0.6) is 5.75 Å². The Labute approximate surface area is 105 Å². The molecule has 0 aliphatic carbocycles. The number of nitrogens with one attached hydrogen (secondary N) is 2. The highest BCUT2D eigenvalue weighted by atomic mass is 16.7. The fourth-order valence-corrected chi connectivity index (χ4v) is 1.57. The first-order valence-corrected chi connectivity index (χ1v) is 5.71. The number of hydroxylamine groups is 1. The van der Waals surface area contributed by atoms with E-state index >= 15 is 0 Å². The third-order valence-corrected chi connectivity index (χ3v) is 2.49. The number of benzene rings is 1. The predicted octanol–water partition coefficient (Wildman–Crippen LogP) is 0.554. The number of amides is 1. The summed E-state index contributed by atoms with van der Waals surface area (Å²) in [6, 6.07) is 7.48. The van der Waals surface area contributed by atoms with E-state index in [4.69, 9.17) is 14.3 Å². The number of carbonyl (C=O) groups is 1. The van der Waals surface area contributed by atoms with Crippen molar-refractivity contribution >= 4 is 11.6 Å². The van der Waals surface area contributed by atoms with Crippen molar-refractivity contribution in [2.75, 3.05) is 32.2 Å². The average Bonchev–Trinajstić information content (AvgIpc) is 2.43. The van der Waals surface area contributed by atoms with E-state index in [1.54, 1.807) is 7.11 Å². The summed E-state index contributed by atoms with van der Waals surface area (Å²) >= 11 is 0. The lowest BCUT2D eigenvalue weighted by atomic mass is 10.2. The predicted molar refractivity (Wildman–Crippen MR) is 65.3 cm³/mol. The van der Waals surface area contributed by atoms with Gasteiger partial charge in [0.2, 0.25) is 0 Å². The van der Waals surface area contributed by atoms with E-state index in [0.717, 1.165) is 5.69 Å². The molecule has 98 valence electrons. The molecule has 0 aromatic heterocycles. The summed E-state index contributed by atoms with van der Waals surface area (Å²) < 4.78 is 10.4. The van der Waals surface area contributed by atoms with Crippen LogP contribution in [0.25, 0.3) is 0 Å². The summed E-state index contributed by atoms with van der Waals surface area (Å²) in [5.74, 6) is 0.355. The van der Waals surface area contributed by atoms with Gasteiger partial charge in [-0.2, -0.15) is 0 Å². The highest BCUT2D eigenvalue weighted by Crippen LogP contribution is 2.27. The number of hydrogen-bond donors (Lipinski definition) is 2. The Balaban J connectivity index is 1.83. The van der Waals surface area contributed by atoms with E-state index in [9.17, 15) is 4.79 Å². The van der Waals surface area contributed by atoms with Crippen molar-refractivity contribution in [2.45, 2.75) is 6.10 Å². The van der Waals surface area contributed by atoms with E-state index in [-0.39, 0.29) is 5.91 Å². The Morgan fingerprint density at radius 1 is 1.50 bits per heavy atom. The molecule has 18 heavy (non-hydrogen) atoms. The molecule has 1 aliphatic rings. The maximum atomic E-state index is 11.7. The van der Waals surface area contributed by atoms with E-state index < -0.39 is 6.10 Å². The lowest BCUT2D eigenvalue weighted by Crippen LogP contribution is -2.44. The van der Waals surface area contributed by atoms with E-state index in [0.29, 0.717) is 25.5 Å². The molecule has 1 aromatic carbocycles. The van der Waals surface area contributed by atoms with Crippen molar-refractivity contribution in [1.82, 2.24) is 5.48 Å². The summed E-state index contributed by atoms with van der Waals surface area (Å²) in [5, 5.41) is 3.13. The Morgan fingerprint density at radius 3 is 3.17 bits per heavy atom. The van der Waals surface area contributed by atoms with Crippen molar-refractivity contribution < 1.29 is 19.1 Å². The van der Waals surface area contributed by atoms with Crippen LogP contribution in [-0.2, 0) is 14.4 Å². The second-order valence-electron chi connectivity index (χ2n) is 3.79. The van der Waals surface area contributed by atoms with Crippen molar-refractivity contribution in [3.8, 4) is 5.75 Å². The molecule has 1 amide bonds. The first-order chi connectivity index (χ1) is 8.81. The first-order valence-electron chi connectivity index (χ1n) is 5.71. The zero-order chi connectivity index (χ0) is 12.8. The van der Waals surface area contributed by atoms with Crippen LogP contribution in [0.1, 0.15) is 0 Å². The van der Waals surface area contributed by atoms with E-state index in [2.05, 4.69) is 10.8 Å². The molecule has 6 nitrogen and oxygen atoms in total. The number of anilines is 1. The number of carbonyl (C=O) groups excluding carboxylic acids is 1. The van der Waals surface area contributed by atoms with Gasteiger partial charge in [0.05, 0.1) is 25.4 Å². The van der Waals surface area contributed by atoms with Gasteiger partial charge in [-0.15, -0.1) is 0 Å². The Hall–Kier alpha value is -1.79. The largest absolute Gasteiger partial charge is 0.476 e. The van der Waals surface area contributed by atoms with Gasteiger partial charge in [0, 0.05) is 7.11 Å². The summed E-state index contributed by atoms with van der Waals surface area (Å²) in [6.45, 7) is 1.14. The second kappa shape index (κ2) is 6.23. The lowest BCUT2D eigenvalue weighted by Gasteiger charge is -2.26. The summed E-state index contributed by atoms with van der Waals surface area (Å²) in [7, 11) is 1.57. The molecule has 6 heteroatoms. The Bertz CT molecular complexity index is 411. The van der Waals surface area contributed by atoms with Crippen molar-refractivity contribution in [1.29, 1.82) is 0 Å². The minimum atomic E-state index is -0.595. The van der Waals surface area contributed by atoms with Crippen molar-refractivity contribution in [2.24, 2.45) is 0 Å². The van der Waals surface area contributed by atoms with E-state index in [1.165, 1.54) is 0 Å². The quantitative estimate of drug-likeness (QED) is 0.592. The summed E-state index contributed by atoms with van der Waals surface area (Å²) in [6.07, 6.45) is -0.595. The van der Waals surface area contributed by atoms with Crippen LogP contribution < -0.4 is 15.5 Å². The number of para-hydroxylation sites is 2. The molecule has 2 N–H and O–H groups in total. The number of hydrogen-bond acceptors (Lipinski definition) is 5. The fraction of sp³-hybridized carbons (Fsp3) is 0.417.